The number of para-hydroxylation sites is 5. The van der Waals surface area contributed by atoms with Crippen LogP contribution >= 0.6 is 0 Å². The number of imidazole rings is 2. The maximum atomic E-state index is 3.56. The van der Waals surface area contributed by atoms with Crippen molar-refractivity contribution >= 4 is 27.8 Å². The van der Waals surface area contributed by atoms with Crippen LogP contribution in [0, 0.1) is 0 Å². The zero-order valence-corrected chi connectivity index (χ0v) is 11.9. The Bertz CT molecular complexity index is 1120. The molecule has 1 N–H and O–H groups in total. The van der Waals surface area contributed by atoms with Crippen LogP contribution in [0.4, 0.5) is 0 Å². The SMILES string of the molecule is c1ccc(-n2c3ccccc3[n+]3c4ccccc4[nH]c23)cc1. The number of rotatable bonds is 1. The van der Waals surface area contributed by atoms with E-state index in [0.717, 1.165) is 17.0 Å². The van der Waals surface area contributed by atoms with Crippen LogP contribution in [0.1, 0.15) is 0 Å². The Morgan fingerprint density at radius 3 is 2.23 bits per heavy atom. The zero-order chi connectivity index (χ0) is 14.5. The van der Waals surface area contributed by atoms with Crippen molar-refractivity contribution in [1.82, 2.24) is 9.55 Å². The Kier molecular flexibility index (Phi) is 2.22. The van der Waals surface area contributed by atoms with Crippen LogP contribution in [0.5, 0.6) is 0 Å². The van der Waals surface area contributed by atoms with Gasteiger partial charge in [0.25, 0.3) is 0 Å². The summed E-state index contributed by atoms with van der Waals surface area (Å²) in [4.78, 5) is 3.56. The summed E-state index contributed by atoms with van der Waals surface area (Å²) in [6, 6.07) is 27.4. The average Bonchev–Trinajstić information content (AvgIpc) is 3.10. The first-order chi connectivity index (χ1) is 10.9. The molecular formula is C19H14N3+. The maximum Gasteiger partial charge on any atom is 0.373 e. The van der Waals surface area contributed by atoms with Gasteiger partial charge in [-0.25, -0.2) is 4.98 Å². The van der Waals surface area contributed by atoms with Crippen molar-refractivity contribution < 1.29 is 4.40 Å². The molecular weight excluding hydrogens is 270 g/mol. The van der Waals surface area contributed by atoms with E-state index < -0.39 is 0 Å². The fourth-order valence-electron chi connectivity index (χ4n) is 3.26. The topological polar surface area (TPSA) is 24.8 Å². The van der Waals surface area contributed by atoms with E-state index in [1.165, 1.54) is 16.6 Å². The average molecular weight is 284 g/mol. The van der Waals surface area contributed by atoms with Crippen LogP contribution in [-0.4, -0.2) is 9.55 Å². The van der Waals surface area contributed by atoms with Gasteiger partial charge in [0, 0.05) is 0 Å². The number of hydrogen-bond donors (Lipinski definition) is 1. The summed E-state index contributed by atoms with van der Waals surface area (Å²) in [5.41, 5.74) is 5.91. The molecule has 0 atom stereocenters. The van der Waals surface area contributed by atoms with Crippen molar-refractivity contribution in [2.45, 2.75) is 0 Å². The summed E-state index contributed by atoms with van der Waals surface area (Å²) < 4.78 is 4.56. The predicted molar refractivity (Wildman–Crippen MR) is 88.3 cm³/mol. The first-order valence-corrected chi connectivity index (χ1v) is 7.41. The molecule has 0 aliphatic heterocycles. The number of aromatic nitrogens is 3. The highest BCUT2D eigenvalue weighted by Crippen LogP contribution is 2.23. The van der Waals surface area contributed by atoms with E-state index in [1.807, 2.05) is 6.07 Å². The largest absolute Gasteiger partial charge is 0.373 e. The molecule has 5 aromatic rings. The van der Waals surface area contributed by atoms with Gasteiger partial charge in [-0.2, -0.15) is 8.97 Å². The molecule has 0 amide bonds. The second-order valence-electron chi connectivity index (χ2n) is 5.46. The van der Waals surface area contributed by atoms with Gasteiger partial charge in [-0.15, -0.1) is 0 Å². The van der Waals surface area contributed by atoms with E-state index in [2.05, 4.69) is 86.7 Å². The third-order valence-corrected chi connectivity index (χ3v) is 4.19. The second-order valence-corrected chi connectivity index (χ2v) is 5.46. The van der Waals surface area contributed by atoms with Crippen LogP contribution in [-0.2, 0) is 0 Å². The van der Waals surface area contributed by atoms with E-state index in [1.54, 1.807) is 0 Å². The minimum atomic E-state index is 1.08. The van der Waals surface area contributed by atoms with E-state index in [0.29, 0.717) is 0 Å². The molecule has 3 heteroatoms. The highest BCUT2D eigenvalue weighted by atomic mass is 15.2. The molecule has 3 aromatic carbocycles. The molecule has 104 valence electrons. The lowest BCUT2D eigenvalue weighted by molar-refractivity contribution is -0.449. The lowest BCUT2D eigenvalue weighted by atomic mass is 10.2. The van der Waals surface area contributed by atoms with Crippen LogP contribution in [0.15, 0.2) is 78.9 Å². The molecule has 0 saturated heterocycles. The first-order valence-electron chi connectivity index (χ1n) is 7.41. The Balaban J connectivity index is 2.07. The second kappa shape index (κ2) is 4.21. The summed E-state index contributed by atoms with van der Waals surface area (Å²) in [5, 5.41) is 0. The minimum Gasteiger partial charge on any atom is -0.240 e. The maximum absolute atomic E-state index is 3.56. The van der Waals surface area contributed by atoms with Crippen molar-refractivity contribution in [2.24, 2.45) is 0 Å². The summed E-state index contributed by atoms with van der Waals surface area (Å²) >= 11 is 0. The number of benzene rings is 3. The summed E-state index contributed by atoms with van der Waals surface area (Å²) in [7, 11) is 0. The van der Waals surface area contributed by atoms with Crippen LogP contribution < -0.4 is 4.40 Å². The number of hydrogen-bond acceptors (Lipinski definition) is 0. The molecule has 0 saturated carbocycles. The summed E-state index contributed by atoms with van der Waals surface area (Å²) in [5.74, 6) is 1.08. The number of nitrogens with zero attached hydrogens (tertiary/aromatic N) is 2. The van der Waals surface area contributed by atoms with Gasteiger partial charge >= 0.3 is 5.78 Å². The van der Waals surface area contributed by atoms with E-state index >= 15 is 0 Å². The predicted octanol–water partition coefficient (Wildman–Crippen LogP) is 3.85. The van der Waals surface area contributed by atoms with Gasteiger partial charge < -0.3 is 0 Å². The quantitative estimate of drug-likeness (QED) is 0.452. The molecule has 5 rings (SSSR count). The third kappa shape index (κ3) is 1.42. The highest BCUT2D eigenvalue weighted by Gasteiger charge is 2.23. The Morgan fingerprint density at radius 1 is 0.682 bits per heavy atom. The lowest BCUT2D eigenvalue weighted by Gasteiger charge is -1.98. The molecule has 0 aliphatic rings. The molecule has 0 unspecified atom stereocenters. The number of fused-ring (bicyclic) bond motifs is 5. The highest BCUT2D eigenvalue weighted by molar-refractivity contribution is 5.83. The van der Waals surface area contributed by atoms with E-state index in [4.69, 9.17) is 0 Å². The number of aromatic amines is 1. The monoisotopic (exact) mass is 284 g/mol. The molecule has 0 spiro atoms. The van der Waals surface area contributed by atoms with Crippen molar-refractivity contribution in [3.63, 3.8) is 0 Å². The van der Waals surface area contributed by atoms with Crippen LogP contribution in [0.25, 0.3) is 33.5 Å². The molecule has 2 aromatic heterocycles. The van der Waals surface area contributed by atoms with Gasteiger partial charge in [-0.05, 0) is 36.4 Å². The third-order valence-electron chi connectivity index (χ3n) is 4.19. The lowest BCUT2D eigenvalue weighted by Crippen LogP contribution is -2.18. The summed E-state index contributed by atoms with van der Waals surface area (Å²) in [6.45, 7) is 0. The molecule has 0 radical (unpaired) electrons. The van der Waals surface area contributed by atoms with Crippen molar-refractivity contribution in [3.8, 4) is 5.69 Å². The van der Waals surface area contributed by atoms with Gasteiger partial charge in [0.2, 0.25) is 0 Å². The first kappa shape index (κ1) is 11.6. The normalized spacial score (nSPS) is 11.6. The van der Waals surface area contributed by atoms with Gasteiger partial charge in [0.15, 0.2) is 0 Å². The molecule has 0 aliphatic carbocycles. The van der Waals surface area contributed by atoms with Crippen molar-refractivity contribution in [2.75, 3.05) is 0 Å². The Labute approximate surface area is 127 Å². The Morgan fingerprint density at radius 2 is 1.36 bits per heavy atom. The van der Waals surface area contributed by atoms with E-state index in [-0.39, 0.29) is 0 Å². The zero-order valence-electron chi connectivity index (χ0n) is 11.9. The molecule has 22 heavy (non-hydrogen) atoms. The van der Waals surface area contributed by atoms with Gasteiger partial charge in [-0.3, -0.25) is 0 Å². The standard InChI is InChI=1S/C19H13N3/c1-2-8-14(9-3-1)21-17-12-6-7-13-18(17)22-16-11-5-4-10-15(16)20-19(21)22/h1-13H/p+1. The fraction of sp³-hybridized carbons (Fsp3) is 0. The summed E-state index contributed by atoms with van der Waals surface area (Å²) in [6.07, 6.45) is 0. The smallest absolute Gasteiger partial charge is 0.240 e. The van der Waals surface area contributed by atoms with Gasteiger partial charge in [-0.1, -0.05) is 42.5 Å². The van der Waals surface area contributed by atoms with Crippen LogP contribution in [0.2, 0.25) is 0 Å². The molecule has 2 heterocycles. The minimum absolute atomic E-state index is 1.08. The number of nitrogens with one attached hydrogen (secondary N) is 1. The molecule has 3 nitrogen and oxygen atoms in total. The van der Waals surface area contributed by atoms with Gasteiger partial charge in [0.1, 0.15) is 27.8 Å². The van der Waals surface area contributed by atoms with E-state index in [9.17, 15) is 0 Å². The number of H-pyrrole nitrogens is 1. The molecule has 0 fully saturated rings. The fourth-order valence-corrected chi connectivity index (χ4v) is 3.26. The molecule has 0 bridgehead atoms. The Hall–Kier alpha value is -3.07. The van der Waals surface area contributed by atoms with Crippen molar-refractivity contribution in [3.05, 3.63) is 78.9 Å². The van der Waals surface area contributed by atoms with Crippen molar-refractivity contribution in [1.29, 1.82) is 0 Å². The van der Waals surface area contributed by atoms with Crippen LogP contribution in [0.3, 0.4) is 0 Å². The van der Waals surface area contributed by atoms with Gasteiger partial charge in [0.05, 0.1) is 0 Å².